The zero-order chi connectivity index (χ0) is 30.0. The van der Waals surface area contributed by atoms with Gasteiger partial charge < -0.3 is 37.7 Å². The molecule has 0 radical (unpaired) electrons. The van der Waals surface area contributed by atoms with Crippen molar-refractivity contribution in [2.75, 3.05) is 6.61 Å². The van der Waals surface area contributed by atoms with Crippen LogP contribution in [-0.4, -0.2) is 79.5 Å². The van der Waals surface area contributed by atoms with Gasteiger partial charge in [0.1, 0.15) is 18.5 Å². The summed E-state index contributed by atoms with van der Waals surface area (Å²) in [7, 11) is -0.594. The van der Waals surface area contributed by atoms with Gasteiger partial charge in [0, 0.05) is 27.7 Å². The molecule has 0 bridgehead atoms. The Bertz CT molecular complexity index is 1120. The Labute approximate surface area is 234 Å². The molecule has 1 aromatic carbocycles. The Morgan fingerprint density at radius 3 is 1.82 bits per heavy atom. The number of esters is 4. The van der Waals surface area contributed by atoms with E-state index >= 15 is 0 Å². The normalized spacial score (nSPS) is 26.9. The molecule has 2 aliphatic rings. The Balaban J connectivity index is 1.94. The minimum atomic E-state index is -1.33. The van der Waals surface area contributed by atoms with Gasteiger partial charge in [-0.2, -0.15) is 0 Å². The predicted molar refractivity (Wildman–Crippen MR) is 139 cm³/mol. The van der Waals surface area contributed by atoms with Gasteiger partial charge in [0.2, 0.25) is 12.4 Å². The summed E-state index contributed by atoms with van der Waals surface area (Å²) in [5.74, 6) is -2.40. The molecule has 40 heavy (non-hydrogen) atoms. The van der Waals surface area contributed by atoms with E-state index < -0.39 is 72.9 Å². The van der Waals surface area contributed by atoms with E-state index in [2.05, 4.69) is 0 Å². The van der Waals surface area contributed by atoms with E-state index in [0.717, 1.165) is 26.2 Å². The third kappa shape index (κ3) is 7.32. The molecule has 0 aromatic heterocycles. The van der Waals surface area contributed by atoms with Crippen molar-refractivity contribution in [1.29, 1.82) is 0 Å². The van der Waals surface area contributed by atoms with Crippen LogP contribution in [0.3, 0.4) is 0 Å². The predicted octanol–water partition coefficient (Wildman–Crippen LogP) is 1.76. The fourth-order valence-corrected chi connectivity index (χ4v) is 4.34. The third-order valence-electron chi connectivity index (χ3n) is 6.92. The minimum absolute atomic E-state index is 0.350. The van der Waals surface area contributed by atoms with Crippen LogP contribution >= 0.6 is 0 Å². The quantitative estimate of drug-likeness (QED) is 0.258. The highest BCUT2D eigenvalue weighted by molar-refractivity contribution is 6.62. The lowest BCUT2D eigenvalue weighted by molar-refractivity contribution is -0.288. The first-order chi connectivity index (χ1) is 18.5. The minimum Gasteiger partial charge on any atom is -0.463 e. The number of hydrogen-bond donors (Lipinski definition) is 0. The Morgan fingerprint density at radius 1 is 0.800 bits per heavy atom. The van der Waals surface area contributed by atoms with Crippen LogP contribution in [0, 0.1) is 6.92 Å². The fraction of sp³-hybridized carbons (Fsp3) is 0.630. The average Bonchev–Trinajstić information content (AvgIpc) is 3.03. The van der Waals surface area contributed by atoms with Gasteiger partial charge in [0.15, 0.2) is 12.2 Å². The lowest BCUT2D eigenvalue weighted by atomic mass is 9.78. The summed E-state index contributed by atoms with van der Waals surface area (Å²) in [4.78, 5) is 47.5. The Morgan fingerprint density at radius 2 is 1.32 bits per heavy atom. The van der Waals surface area contributed by atoms with Crippen molar-refractivity contribution < 1.29 is 56.9 Å². The number of ether oxygens (including phenoxy) is 6. The van der Waals surface area contributed by atoms with Crippen molar-refractivity contribution in [1.82, 2.24) is 0 Å². The molecular weight excluding hydrogens is 527 g/mol. The molecule has 2 saturated heterocycles. The highest BCUT2D eigenvalue weighted by Crippen LogP contribution is 2.37. The Hall–Kier alpha value is -3.16. The summed E-state index contributed by atoms with van der Waals surface area (Å²) in [6.45, 7) is 14.0. The van der Waals surface area contributed by atoms with Gasteiger partial charge in [-0.05, 0) is 51.7 Å². The second kappa shape index (κ2) is 12.2. The van der Waals surface area contributed by atoms with Crippen LogP contribution in [-0.2, 0) is 52.2 Å². The number of rotatable bonds is 8. The van der Waals surface area contributed by atoms with Gasteiger partial charge in [-0.1, -0.05) is 12.1 Å². The third-order valence-corrected chi connectivity index (χ3v) is 6.92. The van der Waals surface area contributed by atoms with E-state index in [1.807, 2.05) is 33.8 Å². The van der Waals surface area contributed by atoms with Crippen molar-refractivity contribution in [3.8, 4) is 5.75 Å². The summed E-state index contributed by atoms with van der Waals surface area (Å²) in [6, 6.07) is 5.29. The van der Waals surface area contributed by atoms with Crippen LogP contribution in [0.15, 0.2) is 18.2 Å². The van der Waals surface area contributed by atoms with Gasteiger partial charge >= 0.3 is 31.0 Å². The first kappa shape index (κ1) is 31.4. The molecule has 0 amide bonds. The lowest BCUT2D eigenvalue weighted by Gasteiger charge is -2.44. The maximum absolute atomic E-state index is 12.1. The molecule has 13 heteroatoms. The number of hydrogen-bond acceptors (Lipinski definition) is 12. The highest BCUT2D eigenvalue weighted by Gasteiger charge is 2.54. The van der Waals surface area contributed by atoms with Gasteiger partial charge in [0.25, 0.3) is 0 Å². The SMILES string of the molecule is CC(=O)OCC1OC(Oc2ccc(B3OC(C)(C)C(C)(C)O3)cc2C)C(OC(C)=O)C(OC(C)=O)C1OC(C)=O. The van der Waals surface area contributed by atoms with Crippen molar-refractivity contribution >= 4 is 36.5 Å². The molecule has 0 N–H and O–H groups in total. The largest absolute Gasteiger partial charge is 0.494 e. The van der Waals surface area contributed by atoms with Gasteiger partial charge in [-0.25, -0.2) is 0 Å². The summed E-state index contributed by atoms with van der Waals surface area (Å²) in [5.41, 5.74) is 0.412. The van der Waals surface area contributed by atoms with Crippen molar-refractivity contribution in [2.45, 2.75) is 104 Å². The molecule has 0 saturated carbocycles. The second-order valence-electron chi connectivity index (χ2n) is 10.8. The highest BCUT2D eigenvalue weighted by atomic mass is 16.7. The van der Waals surface area contributed by atoms with Crippen LogP contribution in [0.4, 0.5) is 0 Å². The average molecular weight is 564 g/mol. The van der Waals surface area contributed by atoms with E-state index in [1.165, 1.54) is 6.92 Å². The van der Waals surface area contributed by atoms with Crippen LogP contribution in [0.25, 0.3) is 0 Å². The van der Waals surface area contributed by atoms with Crippen molar-refractivity contribution in [3.63, 3.8) is 0 Å². The van der Waals surface area contributed by atoms with E-state index in [4.69, 9.17) is 37.7 Å². The fourth-order valence-electron chi connectivity index (χ4n) is 4.34. The summed E-state index contributed by atoms with van der Waals surface area (Å²) in [5, 5.41) is 0. The van der Waals surface area contributed by atoms with Crippen LogP contribution in [0.5, 0.6) is 5.75 Å². The molecular formula is C27H37BO12. The lowest BCUT2D eigenvalue weighted by Crippen LogP contribution is -2.63. The van der Waals surface area contributed by atoms with Crippen molar-refractivity contribution in [3.05, 3.63) is 23.8 Å². The summed E-state index contributed by atoms with van der Waals surface area (Å²) >= 11 is 0. The molecule has 3 rings (SSSR count). The van der Waals surface area contributed by atoms with Gasteiger partial charge in [0.05, 0.1) is 11.2 Å². The molecule has 12 nitrogen and oxygen atoms in total. The van der Waals surface area contributed by atoms with E-state index in [1.54, 1.807) is 19.1 Å². The second-order valence-corrected chi connectivity index (χ2v) is 10.8. The smallest absolute Gasteiger partial charge is 0.463 e. The summed E-state index contributed by atoms with van der Waals surface area (Å²) in [6.07, 6.45) is -6.37. The van der Waals surface area contributed by atoms with Gasteiger partial charge in [-0.3, -0.25) is 19.2 Å². The Kier molecular flexibility index (Phi) is 9.53. The maximum atomic E-state index is 12.1. The maximum Gasteiger partial charge on any atom is 0.494 e. The molecule has 0 spiro atoms. The topological polar surface area (TPSA) is 142 Å². The molecule has 5 atom stereocenters. The molecule has 0 aliphatic carbocycles. The monoisotopic (exact) mass is 564 g/mol. The first-order valence-electron chi connectivity index (χ1n) is 12.9. The standard InChI is InChI=1S/C27H37BO12/c1-14-12-19(28-39-26(6,7)27(8,9)40-28)10-11-20(14)37-25-24(36-18(5)32)23(35-17(4)31)22(34-16(3)30)21(38-25)13-33-15(2)29/h10-12,21-25H,13H2,1-9H3. The number of carbonyl (C=O) groups is 4. The first-order valence-corrected chi connectivity index (χ1v) is 12.9. The van der Waals surface area contributed by atoms with E-state index in [9.17, 15) is 19.2 Å². The number of aryl methyl sites for hydroxylation is 1. The van der Waals surface area contributed by atoms with Crippen LogP contribution in [0.1, 0.15) is 61.0 Å². The summed E-state index contributed by atoms with van der Waals surface area (Å²) < 4.78 is 45.8. The zero-order valence-corrected chi connectivity index (χ0v) is 24.3. The van der Waals surface area contributed by atoms with E-state index in [-0.39, 0.29) is 6.61 Å². The molecule has 1 aromatic rings. The zero-order valence-electron chi connectivity index (χ0n) is 24.3. The molecule has 2 aliphatic heterocycles. The molecule has 2 fully saturated rings. The van der Waals surface area contributed by atoms with Crippen LogP contribution in [0.2, 0.25) is 0 Å². The van der Waals surface area contributed by atoms with Crippen molar-refractivity contribution in [2.24, 2.45) is 0 Å². The van der Waals surface area contributed by atoms with Crippen LogP contribution < -0.4 is 10.2 Å². The molecule has 220 valence electrons. The molecule has 5 unspecified atom stereocenters. The number of carbonyl (C=O) groups excluding carboxylic acids is 4. The van der Waals surface area contributed by atoms with E-state index in [0.29, 0.717) is 11.3 Å². The number of benzene rings is 1. The molecule has 2 heterocycles. The van der Waals surface area contributed by atoms with Gasteiger partial charge in [-0.15, -0.1) is 0 Å².